The molecule has 0 aliphatic heterocycles. The van der Waals surface area contributed by atoms with E-state index in [1.807, 2.05) is 37.3 Å². The first kappa shape index (κ1) is 12.6. The van der Waals surface area contributed by atoms with Gasteiger partial charge in [-0.2, -0.15) is 0 Å². The Morgan fingerprint density at radius 3 is 2.56 bits per heavy atom. The summed E-state index contributed by atoms with van der Waals surface area (Å²) in [6.07, 6.45) is 4.04. The summed E-state index contributed by atoms with van der Waals surface area (Å²) in [5, 5.41) is 0. The number of hydrogen-bond donors (Lipinski definition) is 0. The lowest BCUT2D eigenvalue weighted by Gasteiger charge is -2.12. The fourth-order valence-corrected chi connectivity index (χ4v) is 1.36. The minimum Gasteiger partial charge on any atom is -0.493 e. The fourth-order valence-electron chi connectivity index (χ4n) is 1.36. The van der Waals surface area contributed by atoms with Gasteiger partial charge in [-0.1, -0.05) is 32.1 Å². The Balaban J connectivity index is 2.84. The van der Waals surface area contributed by atoms with Crippen molar-refractivity contribution in [3.63, 3.8) is 0 Å². The van der Waals surface area contributed by atoms with Gasteiger partial charge in [0.2, 0.25) is 0 Å². The molecule has 16 heavy (non-hydrogen) atoms. The molecule has 0 radical (unpaired) electrons. The summed E-state index contributed by atoms with van der Waals surface area (Å²) in [5.41, 5.74) is 1.12. The molecule has 0 aliphatic rings. The van der Waals surface area contributed by atoms with Gasteiger partial charge in [-0.05, 0) is 30.5 Å². The van der Waals surface area contributed by atoms with Gasteiger partial charge in [0, 0.05) is 0 Å². The molecule has 0 heterocycles. The number of ether oxygens (including phenoxy) is 2. The standard InChI is InChI=1S/C14H20O2/c1-5-6-12-7-8-13(14(9-12)15-4)16-10-11(2)3/h5-9,11H,10H2,1-4H3/b6-5+. The Kier molecular flexibility index (Phi) is 4.90. The van der Waals surface area contributed by atoms with Crippen molar-refractivity contribution in [2.45, 2.75) is 20.8 Å². The van der Waals surface area contributed by atoms with Crippen LogP contribution in [0.5, 0.6) is 11.5 Å². The molecular weight excluding hydrogens is 200 g/mol. The van der Waals surface area contributed by atoms with Crippen molar-refractivity contribution in [1.82, 2.24) is 0 Å². The highest BCUT2D eigenvalue weighted by Crippen LogP contribution is 2.28. The second-order valence-corrected chi connectivity index (χ2v) is 4.12. The predicted octanol–water partition coefficient (Wildman–Crippen LogP) is 3.76. The van der Waals surface area contributed by atoms with Crippen LogP contribution < -0.4 is 9.47 Å². The molecule has 0 N–H and O–H groups in total. The average Bonchev–Trinajstić information content (AvgIpc) is 2.27. The van der Waals surface area contributed by atoms with Gasteiger partial charge < -0.3 is 9.47 Å². The van der Waals surface area contributed by atoms with E-state index in [-0.39, 0.29) is 0 Å². The third-order valence-electron chi connectivity index (χ3n) is 2.12. The Morgan fingerprint density at radius 1 is 1.25 bits per heavy atom. The molecule has 1 aromatic carbocycles. The van der Waals surface area contributed by atoms with E-state index in [0.717, 1.165) is 17.1 Å². The van der Waals surface area contributed by atoms with E-state index in [9.17, 15) is 0 Å². The van der Waals surface area contributed by atoms with Crippen molar-refractivity contribution < 1.29 is 9.47 Å². The minimum absolute atomic E-state index is 0.514. The highest BCUT2D eigenvalue weighted by atomic mass is 16.5. The van der Waals surface area contributed by atoms with E-state index in [1.54, 1.807) is 7.11 Å². The zero-order valence-corrected chi connectivity index (χ0v) is 10.5. The van der Waals surface area contributed by atoms with Gasteiger partial charge in [-0.25, -0.2) is 0 Å². The summed E-state index contributed by atoms with van der Waals surface area (Å²) in [4.78, 5) is 0. The van der Waals surface area contributed by atoms with Crippen LogP contribution in [0.15, 0.2) is 24.3 Å². The monoisotopic (exact) mass is 220 g/mol. The van der Waals surface area contributed by atoms with Gasteiger partial charge in [0.25, 0.3) is 0 Å². The van der Waals surface area contributed by atoms with Crippen molar-refractivity contribution in [3.05, 3.63) is 29.8 Å². The Bertz CT molecular complexity index is 354. The van der Waals surface area contributed by atoms with Crippen LogP contribution in [0.25, 0.3) is 6.08 Å². The molecule has 2 nitrogen and oxygen atoms in total. The number of benzene rings is 1. The van der Waals surface area contributed by atoms with Crippen LogP contribution in [0.2, 0.25) is 0 Å². The van der Waals surface area contributed by atoms with Crippen molar-refractivity contribution in [2.24, 2.45) is 5.92 Å². The lowest BCUT2D eigenvalue weighted by Crippen LogP contribution is -2.05. The molecule has 0 aromatic heterocycles. The van der Waals surface area contributed by atoms with Crippen LogP contribution in [0.3, 0.4) is 0 Å². The third-order valence-corrected chi connectivity index (χ3v) is 2.12. The van der Waals surface area contributed by atoms with Gasteiger partial charge in [-0.3, -0.25) is 0 Å². The maximum atomic E-state index is 5.67. The molecule has 0 spiro atoms. The van der Waals surface area contributed by atoms with Gasteiger partial charge in [-0.15, -0.1) is 0 Å². The molecular formula is C14H20O2. The normalized spacial score (nSPS) is 11.1. The molecule has 0 amide bonds. The van der Waals surface area contributed by atoms with Gasteiger partial charge >= 0.3 is 0 Å². The van der Waals surface area contributed by atoms with Crippen molar-refractivity contribution in [2.75, 3.05) is 13.7 Å². The van der Waals surface area contributed by atoms with Crippen LogP contribution >= 0.6 is 0 Å². The number of methoxy groups -OCH3 is 1. The second-order valence-electron chi connectivity index (χ2n) is 4.12. The Hall–Kier alpha value is -1.44. The third kappa shape index (κ3) is 3.61. The topological polar surface area (TPSA) is 18.5 Å². The quantitative estimate of drug-likeness (QED) is 0.752. The molecule has 0 unspecified atom stereocenters. The summed E-state index contributed by atoms with van der Waals surface area (Å²) in [7, 11) is 1.66. The van der Waals surface area contributed by atoms with Crippen LogP contribution in [0, 0.1) is 5.92 Å². The van der Waals surface area contributed by atoms with Gasteiger partial charge in [0.1, 0.15) is 0 Å². The molecule has 0 bridgehead atoms. The van der Waals surface area contributed by atoms with Crippen LogP contribution in [0.4, 0.5) is 0 Å². The number of hydrogen-bond acceptors (Lipinski definition) is 2. The molecule has 1 rings (SSSR count). The lowest BCUT2D eigenvalue weighted by atomic mass is 10.2. The molecule has 1 aromatic rings. The molecule has 0 saturated heterocycles. The first-order valence-electron chi connectivity index (χ1n) is 5.61. The fraction of sp³-hybridized carbons (Fsp3) is 0.429. The van der Waals surface area contributed by atoms with E-state index >= 15 is 0 Å². The van der Waals surface area contributed by atoms with E-state index in [4.69, 9.17) is 9.47 Å². The zero-order chi connectivity index (χ0) is 12.0. The minimum atomic E-state index is 0.514. The predicted molar refractivity (Wildman–Crippen MR) is 68.0 cm³/mol. The zero-order valence-electron chi connectivity index (χ0n) is 10.5. The summed E-state index contributed by atoms with van der Waals surface area (Å²) >= 11 is 0. The van der Waals surface area contributed by atoms with E-state index in [1.165, 1.54) is 0 Å². The van der Waals surface area contributed by atoms with E-state index in [2.05, 4.69) is 13.8 Å². The summed E-state index contributed by atoms with van der Waals surface area (Å²) in [6.45, 7) is 6.95. The maximum Gasteiger partial charge on any atom is 0.161 e. The molecule has 0 atom stereocenters. The highest BCUT2D eigenvalue weighted by molar-refractivity contribution is 5.55. The smallest absolute Gasteiger partial charge is 0.161 e. The van der Waals surface area contributed by atoms with E-state index in [0.29, 0.717) is 12.5 Å². The second kappa shape index (κ2) is 6.21. The Morgan fingerprint density at radius 2 is 2.00 bits per heavy atom. The van der Waals surface area contributed by atoms with Crippen LogP contribution in [-0.2, 0) is 0 Å². The molecule has 88 valence electrons. The molecule has 0 saturated carbocycles. The first-order chi connectivity index (χ1) is 7.67. The molecule has 2 heteroatoms. The summed E-state index contributed by atoms with van der Waals surface area (Å²) in [6, 6.07) is 5.96. The van der Waals surface area contributed by atoms with Gasteiger partial charge in [0.05, 0.1) is 13.7 Å². The number of allylic oxidation sites excluding steroid dienone is 1. The maximum absolute atomic E-state index is 5.67. The van der Waals surface area contributed by atoms with Crippen molar-refractivity contribution >= 4 is 6.08 Å². The largest absolute Gasteiger partial charge is 0.493 e. The van der Waals surface area contributed by atoms with Crippen molar-refractivity contribution in [3.8, 4) is 11.5 Å². The average molecular weight is 220 g/mol. The molecule has 0 fully saturated rings. The summed E-state index contributed by atoms with van der Waals surface area (Å²) < 4.78 is 11.0. The van der Waals surface area contributed by atoms with Crippen molar-refractivity contribution in [1.29, 1.82) is 0 Å². The van der Waals surface area contributed by atoms with E-state index < -0.39 is 0 Å². The lowest BCUT2D eigenvalue weighted by molar-refractivity contribution is 0.257. The molecule has 0 aliphatic carbocycles. The van der Waals surface area contributed by atoms with Gasteiger partial charge in [0.15, 0.2) is 11.5 Å². The highest BCUT2D eigenvalue weighted by Gasteiger charge is 2.05. The number of rotatable bonds is 5. The van der Waals surface area contributed by atoms with Crippen LogP contribution in [-0.4, -0.2) is 13.7 Å². The first-order valence-corrected chi connectivity index (χ1v) is 5.61. The SMILES string of the molecule is C/C=C/c1ccc(OCC(C)C)c(OC)c1. The van der Waals surface area contributed by atoms with Crippen LogP contribution in [0.1, 0.15) is 26.3 Å². The Labute approximate surface area is 97.9 Å². The summed E-state index contributed by atoms with van der Waals surface area (Å²) in [5.74, 6) is 2.11.